The van der Waals surface area contributed by atoms with E-state index >= 15 is 0 Å². The highest BCUT2D eigenvalue weighted by molar-refractivity contribution is 5.49. The molecule has 0 amide bonds. The summed E-state index contributed by atoms with van der Waals surface area (Å²) >= 11 is 0. The van der Waals surface area contributed by atoms with Gasteiger partial charge in [0.2, 0.25) is 0 Å². The summed E-state index contributed by atoms with van der Waals surface area (Å²) in [5, 5.41) is 32.0. The Balaban J connectivity index is 2.39. The Kier molecular flexibility index (Phi) is 4.19. The predicted octanol–water partition coefficient (Wildman–Crippen LogP) is 1.54. The third kappa shape index (κ3) is 2.86. The summed E-state index contributed by atoms with van der Waals surface area (Å²) in [5.41, 5.74) is 4.95. The van der Waals surface area contributed by atoms with E-state index in [4.69, 9.17) is 5.73 Å². The smallest absolute Gasteiger partial charge is 0.279 e. The summed E-state index contributed by atoms with van der Waals surface area (Å²) in [4.78, 5) is 20.6. The zero-order chi connectivity index (χ0) is 15.6. The molecule has 0 heterocycles. The van der Waals surface area contributed by atoms with Crippen LogP contribution in [0.5, 0.6) is 0 Å². The van der Waals surface area contributed by atoms with Crippen molar-refractivity contribution in [2.75, 3.05) is 6.54 Å². The fourth-order valence-corrected chi connectivity index (χ4v) is 3.00. The first-order valence-corrected chi connectivity index (χ1v) is 6.69. The minimum atomic E-state index is -0.667. The number of non-ortho nitro benzene ring substituents is 1. The molecule has 0 bridgehead atoms. The van der Waals surface area contributed by atoms with Crippen molar-refractivity contribution in [1.82, 2.24) is 0 Å². The maximum absolute atomic E-state index is 11.1. The molecule has 21 heavy (non-hydrogen) atoms. The second-order valence-corrected chi connectivity index (χ2v) is 5.48. The second kappa shape index (κ2) is 5.74. The lowest BCUT2D eigenvalue weighted by Crippen LogP contribution is -2.39. The van der Waals surface area contributed by atoms with E-state index in [1.165, 1.54) is 12.1 Å². The third-order valence-corrected chi connectivity index (χ3v) is 4.28. The molecule has 1 aromatic rings. The van der Waals surface area contributed by atoms with E-state index in [9.17, 15) is 25.3 Å². The Morgan fingerprint density at radius 2 is 2.05 bits per heavy atom. The number of benzene rings is 1. The highest BCUT2D eigenvalue weighted by Gasteiger charge is 2.42. The molecule has 1 aliphatic carbocycles. The number of nitrogens with two attached hydrogens (primary N) is 1. The predicted molar refractivity (Wildman–Crippen MR) is 74.8 cm³/mol. The number of hydrogen-bond acceptors (Lipinski definition) is 6. The largest absolute Gasteiger partial charge is 0.392 e. The molecule has 0 spiro atoms. The van der Waals surface area contributed by atoms with Crippen LogP contribution in [-0.2, 0) is 6.42 Å². The molecule has 3 N–H and O–H groups in total. The van der Waals surface area contributed by atoms with E-state index in [0.29, 0.717) is 18.4 Å². The normalized spacial score (nSPS) is 25.0. The van der Waals surface area contributed by atoms with Crippen LogP contribution in [0.1, 0.15) is 24.8 Å². The highest BCUT2D eigenvalue weighted by atomic mass is 16.6. The molecule has 8 nitrogen and oxygen atoms in total. The average Bonchev–Trinajstić information content (AvgIpc) is 2.80. The Labute approximate surface area is 120 Å². The van der Waals surface area contributed by atoms with Gasteiger partial charge in [-0.1, -0.05) is 6.42 Å². The fourth-order valence-electron chi connectivity index (χ4n) is 3.00. The van der Waals surface area contributed by atoms with Crippen LogP contribution in [0.25, 0.3) is 0 Å². The number of hydrogen-bond donors (Lipinski definition) is 2. The molecule has 1 aliphatic rings. The Hall–Kier alpha value is -2.06. The lowest BCUT2D eigenvalue weighted by atomic mass is 9.78. The van der Waals surface area contributed by atoms with Crippen LogP contribution in [0.15, 0.2) is 18.2 Å². The summed E-state index contributed by atoms with van der Waals surface area (Å²) < 4.78 is 0. The number of nitro groups is 2. The van der Waals surface area contributed by atoms with Crippen LogP contribution in [0.4, 0.5) is 11.4 Å². The van der Waals surface area contributed by atoms with Gasteiger partial charge in [0.15, 0.2) is 0 Å². The van der Waals surface area contributed by atoms with Gasteiger partial charge in [0.25, 0.3) is 11.4 Å². The van der Waals surface area contributed by atoms with E-state index in [1.54, 1.807) is 0 Å². The molecule has 1 fully saturated rings. The SMILES string of the molecule is NCC1(Cc2ccc([N+](=O)[O-])cc2[N+](=O)[O-])CCCC1O. The zero-order valence-corrected chi connectivity index (χ0v) is 11.4. The lowest BCUT2D eigenvalue weighted by Gasteiger charge is -2.31. The van der Waals surface area contributed by atoms with E-state index in [0.717, 1.165) is 12.5 Å². The number of aliphatic hydroxyl groups is 1. The molecule has 0 radical (unpaired) electrons. The van der Waals surface area contributed by atoms with Crippen molar-refractivity contribution < 1.29 is 15.0 Å². The van der Waals surface area contributed by atoms with Crippen molar-refractivity contribution in [2.24, 2.45) is 11.1 Å². The molecule has 0 aliphatic heterocycles. The van der Waals surface area contributed by atoms with Gasteiger partial charge in [-0.25, -0.2) is 0 Å². The minimum Gasteiger partial charge on any atom is -0.392 e. The fraction of sp³-hybridized carbons (Fsp3) is 0.538. The van der Waals surface area contributed by atoms with Crippen LogP contribution in [0, 0.1) is 25.6 Å². The molecule has 1 saturated carbocycles. The Morgan fingerprint density at radius 3 is 2.52 bits per heavy atom. The lowest BCUT2D eigenvalue weighted by molar-refractivity contribution is -0.394. The Bertz CT molecular complexity index is 577. The first kappa shape index (κ1) is 15.3. The van der Waals surface area contributed by atoms with Crippen molar-refractivity contribution in [2.45, 2.75) is 31.8 Å². The summed E-state index contributed by atoms with van der Waals surface area (Å²) in [6.45, 7) is 0.225. The number of aliphatic hydroxyl groups excluding tert-OH is 1. The van der Waals surface area contributed by atoms with Gasteiger partial charge in [0.05, 0.1) is 22.0 Å². The van der Waals surface area contributed by atoms with Gasteiger partial charge in [-0.15, -0.1) is 0 Å². The zero-order valence-electron chi connectivity index (χ0n) is 11.4. The van der Waals surface area contributed by atoms with Gasteiger partial charge in [-0.05, 0) is 25.3 Å². The van der Waals surface area contributed by atoms with Gasteiger partial charge >= 0.3 is 0 Å². The highest BCUT2D eigenvalue weighted by Crippen LogP contribution is 2.42. The minimum absolute atomic E-state index is 0.225. The van der Waals surface area contributed by atoms with E-state index in [-0.39, 0.29) is 24.3 Å². The van der Waals surface area contributed by atoms with Gasteiger partial charge in [-0.3, -0.25) is 20.2 Å². The maximum atomic E-state index is 11.1. The Morgan fingerprint density at radius 1 is 1.33 bits per heavy atom. The van der Waals surface area contributed by atoms with Crippen molar-refractivity contribution in [3.8, 4) is 0 Å². The van der Waals surface area contributed by atoms with E-state index < -0.39 is 21.4 Å². The first-order valence-electron chi connectivity index (χ1n) is 6.69. The first-order chi connectivity index (χ1) is 9.89. The molecule has 114 valence electrons. The van der Waals surface area contributed by atoms with Gasteiger partial charge in [-0.2, -0.15) is 0 Å². The van der Waals surface area contributed by atoms with Crippen LogP contribution < -0.4 is 5.73 Å². The van der Waals surface area contributed by atoms with Crippen LogP contribution in [0.2, 0.25) is 0 Å². The standard InChI is InChI=1S/C13H17N3O5/c14-8-13(5-1-2-12(13)17)7-9-3-4-10(15(18)19)6-11(9)16(20)21/h3-4,6,12,17H,1-2,5,7-8,14H2. The summed E-state index contributed by atoms with van der Waals surface area (Å²) in [5.74, 6) is 0. The molecule has 2 atom stereocenters. The average molecular weight is 295 g/mol. The molecule has 1 aromatic carbocycles. The molecular formula is C13H17N3O5. The van der Waals surface area contributed by atoms with Gasteiger partial charge in [0.1, 0.15) is 0 Å². The maximum Gasteiger partial charge on any atom is 0.279 e. The second-order valence-electron chi connectivity index (χ2n) is 5.48. The van der Waals surface area contributed by atoms with Crippen molar-refractivity contribution in [3.05, 3.63) is 44.0 Å². The molecule has 8 heteroatoms. The quantitative estimate of drug-likeness (QED) is 0.625. The topological polar surface area (TPSA) is 133 Å². The number of nitro benzene ring substituents is 2. The molecule has 0 aromatic heterocycles. The summed E-state index contributed by atoms with van der Waals surface area (Å²) in [6, 6.07) is 3.59. The number of rotatable bonds is 5. The molecular weight excluding hydrogens is 278 g/mol. The molecule has 0 saturated heterocycles. The summed E-state index contributed by atoms with van der Waals surface area (Å²) in [7, 11) is 0. The van der Waals surface area contributed by atoms with Crippen molar-refractivity contribution in [1.29, 1.82) is 0 Å². The molecule has 2 rings (SSSR count). The summed E-state index contributed by atoms with van der Waals surface area (Å²) in [6.07, 6.45) is 1.78. The van der Waals surface area contributed by atoms with Crippen LogP contribution in [-0.4, -0.2) is 27.6 Å². The van der Waals surface area contributed by atoms with Crippen molar-refractivity contribution in [3.63, 3.8) is 0 Å². The van der Waals surface area contributed by atoms with Crippen LogP contribution in [0.3, 0.4) is 0 Å². The van der Waals surface area contributed by atoms with Crippen molar-refractivity contribution >= 4 is 11.4 Å². The van der Waals surface area contributed by atoms with E-state index in [2.05, 4.69) is 0 Å². The third-order valence-electron chi connectivity index (χ3n) is 4.28. The monoisotopic (exact) mass is 295 g/mol. The van der Waals surface area contributed by atoms with E-state index in [1.807, 2.05) is 0 Å². The van der Waals surface area contributed by atoms with Crippen LogP contribution >= 0.6 is 0 Å². The molecule has 2 unspecified atom stereocenters. The van der Waals surface area contributed by atoms with Gasteiger partial charge in [0, 0.05) is 23.6 Å². The van der Waals surface area contributed by atoms with Gasteiger partial charge < -0.3 is 10.8 Å². The number of nitrogens with zero attached hydrogens (tertiary/aromatic N) is 2.